The summed E-state index contributed by atoms with van der Waals surface area (Å²) in [5.74, 6) is 0.724. The normalized spacial score (nSPS) is 10.7. The molecule has 0 unspecified atom stereocenters. The average Bonchev–Trinajstić information content (AvgIpc) is 2.59. The Morgan fingerprint density at radius 1 is 1.04 bits per heavy atom. The van der Waals surface area contributed by atoms with Crippen molar-refractivity contribution in [1.29, 1.82) is 0 Å². The number of rotatable bonds is 10. The Morgan fingerprint density at radius 2 is 1.71 bits per heavy atom. The number of benzene rings is 1. The number of methoxy groups -OCH3 is 1. The molecule has 1 aromatic rings. The molecular weight excluding hydrogens is 417 g/mol. The minimum atomic E-state index is -0.119. The van der Waals surface area contributed by atoms with E-state index in [9.17, 15) is 4.79 Å². The van der Waals surface area contributed by atoms with E-state index in [1.165, 1.54) is 12.7 Å². The molecule has 0 saturated heterocycles. The molecule has 1 aromatic carbocycles. The lowest BCUT2D eigenvalue weighted by molar-refractivity contribution is -0.140. The first kappa shape index (κ1) is 22.7. The Balaban J connectivity index is 0.00000529. The molecule has 0 aliphatic rings. The second kappa shape index (κ2) is 15.2. The zero-order valence-corrected chi connectivity index (χ0v) is 17.0. The van der Waals surface area contributed by atoms with Crippen molar-refractivity contribution >= 4 is 35.9 Å². The smallest absolute Gasteiger partial charge is 0.305 e. The van der Waals surface area contributed by atoms with Crippen molar-refractivity contribution in [3.63, 3.8) is 0 Å². The lowest BCUT2D eigenvalue weighted by atomic mass is 10.1. The van der Waals surface area contributed by atoms with Gasteiger partial charge in [0.05, 0.1) is 7.11 Å². The zero-order valence-electron chi connectivity index (χ0n) is 14.7. The summed E-state index contributed by atoms with van der Waals surface area (Å²) >= 11 is 0. The van der Waals surface area contributed by atoms with E-state index in [4.69, 9.17) is 0 Å². The highest BCUT2D eigenvalue weighted by atomic mass is 127. The van der Waals surface area contributed by atoms with Crippen LogP contribution in [-0.4, -0.2) is 39.2 Å². The molecule has 0 aliphatic heterocycles. The van der Waals surface area contributed by atoms with Gasteiger partial charge in [0.25, 0.3) is 0 Å². The summed E-state index contributed by atoms with van der Waals surface area (Å²) in [5.41, 5.74) is 1.32. The summed E-state index contributed by atoms with van der Waals surface area (Å²) in [6, 6.07) is 10.4. The number of aliphatic imine (C=N–C) groups is 1. The molecule has 0 radical (unpaired) electrons. The Kier molecular flexibility index (Phi) is 14.4. The van der Waals surface area contributed by atoms with E-state index in [0.29, 0.717) is 6.42 Å². The molecule has 0 fully saturated rings. The van der Waals surface area contributed by atoms with Gasteiger partial charge in [0.1, 0.15) is 0 Å². The van der Waals surface area contributed by atoms with Crippen molar-refractivity contribution in [2.75, 3.05) is 27.2 Å². The molecule has 0 aliphatic carbocycles. The van der Waals surface area contributed by atoms with Crippen LogP contribution in [0.25, 0.3) is 0 Å². The third-order valence-electron chi connectivity index (χ3n) is 3.60. The van der Waals surface area contributed by atoms with Crippen molar-refractivity contribution in [2.24, 2.45) is 4.99 Å². The van der Waals surface area contributed by atoms with Gasteiger partial charge in [-0.1, -0.05) is 43.2 Å². The van der Waals surface area contributed by atoms with Crippen LogP contribution in [0, 0.1) is 0 Å². The van der Waals surface area contributed by atoms with E-state index in [1.807, 2.05) is 6.07 Å². The molecule has 0 saturated carbocycles. The topological polar surface area (TPSA) is 62.7 Å². The fourth-order valence-electron chi connectivity index (χ4n) is 2.25. The molecular formula is C18H30IN3O2. The van der Waals surface area contributed by atoms with Gasteiger partial charge in [-0.3, -0.25) is 9.79 Å². The van der Waals surface area contributed by atoms with Crippen LogP contribution in [-0.2, 0) is 16.0 Å². The van der Waals surface area contributed by atoms with Crippen molar-refractivity contribution in [3.8, 4) is 0 Å². The summed E-state index contributed by atoms with van der Waals surface area (Å²) in [4.78, 5) is 15.2. The van der Waals surface area contributed by atoms with Crippen molar-refractivity contribution < 1.29 is 9.53 Å². The van der Waals surface area contributed by atoms with Crippen LogP contribution < -0.4 is 10.6 Å². The van der Waals surface area contributed by atoms with Crippen LogP contribution >= 0.6 is 24.0 Å². The first-order valence-corrected chi connectivity index (χ1v) is 8.31. The Labute approximate surface area is 162 Å². The number of carbonyl (C=O) groups excluding carboxylic acids is 1. The minimum absolute atomic E-state index is 0. The van der Waals surface area contributed by atoms with Crippen LogP contribution in [0.5, 0.6) is 0 Å². The van der Waals surface area contributed by atoms with Crippen molar-refractivity contribution in [2.45, 2.75) is 38.5 Å². The van der Waals surface area contributed by atoms with Gasteiger partial charge in [0.2, 0.25) is 0 Å². The maximum Gasteiger partial charge on any atom is 0.305 e. The van der Waals surface area contributed by atoms with Crippen LogP contribution in [0.4, 0.5) is 0 Å². The predicted octanol–water partition coefficient (Wildman–Crippen LogP) is 3.14. The maximum atomic E-state index is 11.0. The minimum Gasteiger partial charge on any atom is -0.469 e. The molecule has 5 nitrogen and oxygen atoms in total. The number of carbonyl (C=O) groups is 1. The SMILES string of the molecule is CN=C(NCCCCCCC(=O)OC)NCCc1ccccc1.I. The number of nitrogens with zero attached hydrogens (tertiary/aromatic N) is 1. The van der Waals surface area contributed by atoms with Crippen LogP contribution in [0.15, 0.2) is 35.3 Å². The van der Waals surface area contributed by atoms with E-state index in [0.717, 1.165) is 51.2 Å². The molecule has 136 valence electrons. The van der Waals surface area contributed by atoms with Gasteiger partial charge in [-0.25, -0.2) is 0 Å². The second-order valence-electron chi connectivity index (χ2n) is 5.40. The number of guanidine groups is 1. The summed E-state index contributed by atoms with van der Waals surface area (Å²) in [7, 11) is 3.22. The van der Waals surface area contributed by atoms with Crippen LogP contribution in [0.2, 0.25) is 0 Å². The Bertz CT molecular complexity index is 467. The van der Waals surface area contributed by atoms with Crippen molar-refractivity contribution in [3.05, 3.63) is 35.9 Å². The van der Waals surface area contributed by atoms with Gasteiger partial charge in [-0.05, 0) is 24.8 Å². The number of nitrogens with one attached hydrogen (secondary N) is 2. The van der Waals surface area contributed by atoms with E-state index in [2.05, 4.69) is 44.6 Å². The van der Waals surface area contributed by atoms with Crippen molar-refractivity contribution in [1.82, 2.24) is 10.6 Å². The van der Waals surface area contributed by atoms with Gasteiger partial charge in [-0.2, -0.15) is 0 Å². The molecule has 6 heteroatoms. The van der Waals surface area contributed by atoms with Gasteiger partial charge >= 0.3 is 5.97 Å². The van der Waals surface area contributed by atoms with Gasteiger partial charge < -0.3 is 15.4 Å². The number of hydrogen-bond donors (Lipinski definition) is 2. The van der Waals surface area contributed by atoms with Gasteiger partial charge in [0, 0.05) is 26.6 Å². The molecule has 0 aromatic heterocycles. The zero-order chi connectivity index (χ0) is 16.8. The molecule has 1 rings (SSSR count). The highest BCUT2D eigenvalue weighted by Gasteiger charge is 2.00. The second-order valence-corrected chi connectivity index (χ2v) is 5.40. The number of hydrogen-bond acceptors (Lipinski definition) is 3. The van der Waals surface area contributed by atoms with Crippen LogP contribution in [0.3, 0.4) is 0 Å². The van der Waals surface area contributed by atoms with E-state index in [1.54, 1.807) is 7.05 Å². The molecule has 0 spiro atoms. The lowest BCUT2D eigenvalue weighted by Gasteiger charge is -2.11. The fourth-order valence-corrected chi connectivity index (χ4v) is 2.25. The van der Waals surface area contributed by atoms with E-state index >= 15 is 0 Å². The summed E-state index contributed by atoms with van der Waals surface area (Å²) in [5, 5.41) is 6.63. The Morgan fingerprint density at radius 3 is 2.38 bits per heavy atom. The number of halogens is 1. The van der Waals surface area contributed by atoms with Gasteiger partial charge in [0.15, 0.2) is 5.96 Å². The highest BCUT2D eigenvalue weighted by Crippen LogP contribution is 2.03. The number of unbranched alkanes of at least 4 members (excludes halogenated alkanes) is 3. The third kappa shape index (κ3) is 11.3. The molecule has 0 amide bonds. The molecule has 24 heavy (non-hydrogen) atoms. The standard InChI is InChI=1S/C18H29N3O2.HI/c1-19-18(21-15-13-16-10-6-5-7-11-16)20-14-9-4-3-8-12-17(22)23-2;/h5-7,10-11H,3-4,8-9,12-15H2,1-2H3,(H2,19,20,21);1H. The molecule has 2 N–H and O–H groups in total. The van der Waals surface area contributed by atoms with E-state index in [-0.39, 0.29) is 29.9 Å². The summed E-state index contributed by atoms with van der Waals surface area (Å²) < 4.78 is 4.62. The molecule has 0 heterocycles. The predicted molar refractivity (Wildman–Crippen MR) is 110 cm³/mol. The van der Waals surface area contributed by atoms with Crippen LogP contribution in [0.1, 0.15) is 37.7 Å². The first-order valence-electron chi connectivity index (χ1n) is 8.31. The number of ether oxygens (including phenoxy) is 1. The average molecular weight is 447 g/mol. The fraction of sp³-hybridized carbons (Fsp3) is 0.556. The monoisotopic (exact) mass is 447 g/mol. The summed E-state index contributed by atoms with van der Waals surface area (Å²) in [6.07, 6.45) is 5.63. The Hall–Kier alpha value is -1.31. The van der Waals surface area contributed by atoms with Gasteiger partial charge in [-0.15, -0.1) is 24.0 Å². The number of esters is 1. The molecule has 0 atom stereocenters. The molecule has 0 bridgehead atoms. The first-order chi connectivity index (χ1) is 11.3. The highest BCUT2D eigenvalue weighted by molar-refractivity contribution is 14.0. The quantitative estimate of drug-likeness (QED) is 0.190. The van der Waals surface area contributed by atoms with E-state index < -0.39 is 0 Å². The lowest BCUT2D eigenvalue weighted by Crippen LogP contribution is -2.38. The third-order valence-corrected chi connectivity index (χ3v) is 3.60. The largest absolute Gasteiger partial charge is 0.469 e. The maximum absolute atomic E-state index is 11.0. The summed E-state index contributed by atoms with van der Waals surface area (Å²) in [6.45, 7) is 1.76.